The van der Waals surface area contributed by atoms with Crippen LogP contribution >= 0.6 is 0 Å². The standard InChI is InChI=1S/C12H8FNO2/c13-9-1-2-10-11-7(9)3-6(5-15)4-8(11)12(16)14-10/h1-4,15H,5H2,(H,14,16)/i5D. The van der Waals surface area contributed by atoms with E-state index in [9.17, 15) is 14.3 Å². The molecule has 1 amide bonds. The van der Waals surface area contributed by atoms with Gasteiger partial charge in [0.2, 0.25) is 0 Å². The summed E-state index contributed by atoms with van der Waals surface area (Å²) in [5.74, 6) is -0.804. The van der Waals surface area contributed by atoms with Crippen molar-refractivity contribution in [2.75, 3.05) is 5.32 Å². The Labute approximate surface area is 91.9 Å². The molecule has 16 heavy (non-hydrogen) atoms. The number of benzene rings is 2. The molecule has 0 fully saturated rings. The van der Waals surface area contributed by atoms with Crippen molar-refractivity contribution in [3.05, 3.63) is 41.2 Å². The third kappa shape index (κ3) is 1.07. The molecule has 0 aromatic heterocycles. The molecule has 0 bridgehead atoms. The Hall–Kier alpha value is -1.94. The van der Waals surface area contributed by atoms with Gasteiger partial charge in [-0.2, -0.15) is 0 Å². The fourth-order valence-corrected chi connectivity index (χ4v) is 2.02. The lowest BCUT2D eigenvalue weighted by atomic mass is 10.0. The molecule has 2 N–H and O–H groups in total. The monoisotopic (exact) mass is 218 g/mol. The Morgan fingerprint density at radius 2 is 2.25 bits per heavy atom. The average Bonchev–Trinajstić information content (AvgIpc) is 2.62. The van der Waals surface area contributed by atoms with Crippen molar-refractivity contribution < 1.29 is 15.7 Å². The van der Waals surface area contributed by atoms with Crippen molar-refractivity contribution in [3.8, 4) is 0 Å². The first-order valence-electron chi connectivity index (χ1n) is 5.33. The third-order valence-corrected chi connectivity index (χ3v) is 2.73. The fraction of sp³-hybridized carbons (Fsp3) is 0.0833. The molecule has 0 radical (unpaired) electrons. The van der Waals surface area contributed by atoms with E-state index in [1.165, 1.54) is 24.3 Å². The molecule has 0 spiro atoms. The maximum absolute atomic E-state index is 13.7. The Morgan fingerprint density at radius 3 is 3.00 bits per heavy atom. The SMILES string of the molecule is [2H]C(O)c1cc2c3c(ccc(F)c3c1)NC2=O. The Balaban J connectivity index is 2.45. The maximum Gasteiger partial charge on any atom is 0.256 e. The van der Waals surface area contributed by atoms with Crippen LogP contribution in [0, 0.1) is 5.82 Å². The van der Waals surface area contributed by atoms with Crippen molar-refractivity contribution in [2.24, 2.45) is 0 Å². The minimum atomic E-state index is -1.48. The van der Waals surface area contributed by atoms with Crippen LogP contribution in [-0.2, 0) is 6.58 Å². The van der Waals surface area contributed by atoms with Crippen LogP contribution in [0.4, 0.5) is 10.1 Å². The number of anilines is 1. The number of amides is 1. The van der Waals surface area contributed by atoms with Crippen LogP contribution in [0.2, 0.25) is 0 Å². The first kappa shape index (κ1) is 8.24. The molecule has 1 heterocycles. The van der Waals surface area contributed by atoms with Crippen molar-refractivity contribution in [1.82, 2.24) is 0 Å². The highest BCUT2D eigenvalue weighted by atomic mass is 19.1. The number of nitrogens with one attached hydrogen (secondary N) is 1. The second-order valence-electron chi connectivity index (χ2n) is 3.67. The van der Waals surface area contributed by atoms with Crippen LogP contribution in [0.25, 0.3) is 10.8 Å². The topological polar surface area (TPSA) is 49.3 Å². The van der Waals surface area contributed by atoms with Gasteiger partial charge >= 0.3 is 0 Å². The third-order valence-electron chi connectivity index (χ3n) is 2.73. The molecule has 3 rings (SSSR count). The Kier molecular flexibility index (Phi) is 1.56. The number of carbonyl (C=O) groups excluding carboxylic acids is 1. The van der Waals surface area contributed by atoms with E-state index >= 15 is 0 Å². The second-order valence-corrected chi connectivity index (χ2v) is 3.67. The van der Waals surface area contributed by atoms with Gasteiger partial charge in [-0.3, -0.25) is 4.79 Å². The van der Waals surface area contributed by atoms with Gasteiger partial charge in [0, 0.05) is 16.5 Å². The largest absolute Gasteiger partial charge is 0.392 e. The Morgan fingerprint density at radius 1 is 1.44 bits per heavy atom. The summed E-state index contributed by atoms with van der Waals surface area (Å²) in [7, 11) is 0. The van der Waals surface area contributed by atoms with Crippen LogP contribution in [0.1, 0.15) is 17.3 Å². The van der Waals surface area contributed by atoms with Crippen LogP contribution in [-0.4, -0.2) is 11.0 Å². The van der Waals surface area contributed by atoms with Crippen LogP contribution in [0.15, 0.2) is 24.3 Å². The first-order chi connectivity index (χ1) is 8.08. The maximum atomic E-state index is 13.7. The quantitative estimate of drug-likeness (QED) is 0.769. The molecule has 2 aromatic rings. The van der Waals surface area contributed by atoms with E-state index in [1.54, 1.807) is 0 Å². The van der Waals surface area contributed by atoms with E-state index in [0.717, 1.165) is 0 Å². The van der Waals surface area contributed by atoms with Crippen LogP contribution in [0.5, 0.6) is 0 Å². The summed E-state index contributed by atoms with van der Waals surface area (Å²) in [4.78, 5) is 11.7. The van der Waals surface area contributed by atoms with Crippen molar-refractivity contribution in [1.29, 1.82) is 0 Å². The molecule has 1 aliphatic heterocycles. The van der Waals surface area contributed by atoms with Gasteiger partial charge in [0.15, 0.2) is 0 Å². The first-order valence-corrected chi connectivity index (χ1v) is 4.76. The molecule has 4 heteroatoms. The lowest BCUT2D eigenvalue weighted by molar-refractivity contribution is 0.103. The molecule has 1 unspecified atom stereocenters. The normalized spacial score (nSPS) is 16.1. The predicted octanol–water partition coefficient (Wildman–Crippen LogP) is 2.04. The van der Waals surface area contributed by atoms with Crippen molar-refractivity contribution >= 4 is 22.4 Å². The minimum absolute atomic E-state index is 0.209. The smallest absolute Gasteiger partial charge is 0.256 e. The lowest BCUT2D eigenvalue weighted by Gasteiger charge is -2.03. The molecule has 0 saturated heterocycles. The summed E-state index contributed by atoms with van der Waals surface area (Å²) in [6, 6.07) is 5.58. The van der Waals surface area contributed by atoms with Gasteiger partial charge in [0.1, 0.15) is 5.82 Å². The lowest BCUT2D eigenvalue weighted by Crippen LogP contribution is -2.04. The van der Waals surface area contributed by atoms with Gasteiger partial charge in [-0.05, 0) is 29.8 Å². The Bertz CT molecular complexity index is 654. The van der Waals surface area contributed by atoms with E-state index < -0.39 is 12.4 Å². The molecule has 2 aromatic carbocycles. The van der Waals surface area contributed by atoms with Crippen molar-refractivity contribution in [2.45, 2.75) is 6.58 Å². The number of aliphatic hydroxyl groups is 1. The van der Waals surface area contributed by atoms with E-state index in [4.69, 9.17) is 1.37 Å². The minimum Gasteiger partial charge on any atom is -0.392 e. The fourth-order valence-electron chi connectivity index (χ4n) is 2.02. The number of hydrogen-bond donors (Lipinski definition) is 2. The molecular formula is C12H8FNO2. The van der Waals surface area contributed by atoms with E-state index in [1.807, 2.05) is 0 Å². The predicted molar refractivity (Wildman–Crippen MR) is 57.8 cm³/mol. The zero-order chi connectivity index (χ0) is 12.2. The number of aliphatic hydroxyl groups excluding tert-OH is 1. The molecule has 3 nitrogen and oxygen atoms in total. The summed E-state index contributed by atoms with van der Waals surface area (Å²) < 4.78 is 20.9. The number of rotatable bonds is 1. The van der Waals surface area contributed by atoms with Gasteiger partial charge in [-0.15, -0.1) is 0 Å². The summed E-state index contributed by atoms with van der Waals surface area (Å²) >= 11 is 0. The zero-order valence-electron chi connectivity index (χ0n) is 9.12. The zero-order valence-corrected chi connectivity index (χ0v) is 8.12. The summed E-state index contributed by atoms with van der Waals surface area (Å²) in [6.45, 7) is -1.48. The number of halogens is 1. The van der Waals surface area contributed by atoms with Gasteiger partial charge in [0.25, 0.3) is 5.91 Å². The average molecular weight is 218 g/mol. The highest BCUT2D eigenvalue weighted by molar-refractivity contribution is 6.24. The van der Waals surface area contributed by atoms with Gasteiger partial charge in [0.05, 0.1) is 13.5 Å². The summed E-state index contributed by atoms with van der Waals surface area (Å²) in [6.07, 6.45) is 0. The summed E-state index contributed by atoms with van der Waals surface area (Å²) in [5, 5.41) is 12.6. The molecule has 1 atom stereocenters. The summed E-state index contributed by atoms with van der Waals surface area (Å²) in [5.41, 5.74) is 1.08. The van der Waals surface area contributed by atoms with Crippen molar-refractivity contribution in [3.63, 3.8) is 0 Å². The molecule has 0 saturated carbocycles. The van der Waals surface area contributed by atoms with Gasteiger partial charge < -0.3 is 10.4 Å². The van der Waals surface area contributed by atoms with E-state index in [-0.39, 0.29) is 16.9 Å². The highest BCUT2D eigenvalue weighted by Gasteiger charge is 2.23. The van der Waals surface area contributed by atoms with Crippen LogP contribution in [0.3, 0.4) is 0 Å². The van der Waals surface area contributed by atoms with Crippen LogP contribution < -0.4 is 5.32 Å². The number of hydrogen-bond acceptors (Lipinski definition) is 2. The van der Waals surface area contributed by atoms with Gasteiger partial charge in [-0.25, -0.2) is 4.39 Å². The van der Waals surface area contributed by atoms with E-state index in [0.29, 0.717) is 16.6 Å². The second kappa shape index (κ2) is 3.02. The molecule has 0 aliphatic carbocycles. The van der Waals surface area contributed by atoms with E-state index in [2.05, 4.69) is 5.32 Å². The molecule has 80 valence electrons. The number of carbonyl (C=O) groups is 1. The molecular weight excluding hydrogens is 209 g/mol. The highest BCUT2D eigenvalue weighted by Crippen LogP contribution is 2.35. The molecule has 1 aliphatic rings. The van der Waals surface area contributed by atoms with Gasteiger partial charge in [-0.1, -0.05) is 0 Å².